The molecule has 0 aromatic heterocycles. The minimum atomic E-state index is -0.919. The standard InChI is InChI=1S/C17H27N3O5/c1-13(21)20-12-17(10-14(20)16(23)24)2-4-18(5-3-17)11-15(22)19-6-8-25-9-7-19/h14H,2-12H2,1H3,(H,23,24)/t14-/m1/s1. The number of hydrogen-bond acceptors (Lipinski definition) is 5. The lowest BCUT2D eigenvalue weighted by atomic mass is 9.76. The first-order valence-corrected chi connectivity index (χ1v) is 8.98. The lowest BCUT2D eigenvalue weighted by Crippen LogP contribution is -2.49. The van der Waals surface area contributed by atoms with Gasteiger partial charge in [-0.2, -0.15) is 0 Å². The third-order valence-electron chi connectivity index (χ3n) is 5.84. The Morgan fingerprint density at radius 1 is 1.12 bits per heavy atom. The van der Waals surface area contributed by atoms with Crippen LogP contribution in [0.15, 0.2) is 0 Å². The lowest BCUT2D eigenvalue weighted by molar-refractivity contribution is -0.147. The highest BCUT2D eigenvalue weighted by molar-refractivity contribution is 5.83. The molecule has 1 spiro atoms. The number of likely N-dealkylation sites (tertiary alicyclic amines) is 2. The van der Waals surface area contributed by atoms with Crippen molar-refractivity contribution in [3.8, 4) is 0 Å². The smallest absolute Gasteiger partial charge is 0.326 e. The van der Waals surface area contributed by atoms with Crippen LogP contribution >= 0.6 is 0 Å². The molecule has 0 saturated carbocycles. The van der Waals surface area contributed by atoms with E-state index in [9.17, 15) is 19.5 Å². The fraction of sp³-hybridized carbons (Fsp3) is 0.824. The van der Waals surface area contributed by atoms with Gasteiger partial charge in [0.2, 0.25) is 11.8 Å². The summed E-state index contributed by atoms with van der Waals surface area (Å²) in [5, 5.41) is 9.40. The number of rotatable bonds is 3. The zero-order valence-corrected chi connectivity index (χ0v) is 14.8. The Balaban J connectivity index is 1.53. The van der Waals surface area contributed by atoms with E-state index in [1.165, 1.54) is 11.8 Å². The summed E-state index contributed by atoms with van der Waals surface area (Å²) in [7, 11) is 0. The van der Waals surface area contributed by atoms with Crippen molar-refractivity contribution in [2.75, 3.05) is 52.5 Å². The molecule has 140 valence electrons. The lowest BCUT2D eigenvalue weighted by Gasteiger charge is -2.39. The first-order chi connectivity index (χ1) is 11.9. The molecule has 3 heterocycles. The summed E-state index contributed by atoms with van der Waals surface area (Å²) in [6, 6.07) is -0.709. The second kappa shape index (κ2) is 7.29. The third kappa shape index (κ3) is 3.95. The van der Waals surface area contributed by atoms with Gasteiger partial charge in [-0.1, -0.05) is 0 Å². The van der Waals surface area contributed by atoms with E-state index in [-0.39, 0.29) is 17.2 Å². The summed E-state index contributed by atoms with van der Waals surface area (Å²) in [6.07, 6.45) is 2.18. The third-order valence-corrected chi connectivity index (χ3v) is 5.84. The maximum absolute atomic E-state index is 12.4. The summed E-state index contributed by atoms with van der Waals surface area (Å²) >= 11 is 0. The van der Waals surface area contributed by atoms with Crippen molar-refractivity contribution in [2.45, 2.75) is 32.2 Å². The number of morpholine rings is 1. The predicted octanol–water partition coefficient (Wildman–Crippen LogP) is -0.367. The Labute approximate surface area is 147 Å². The van der Waals surface area contributed by atoms with Gasteiger partial charge in [-0.05, 0) is 37.8 Å². The zero-order valence-electron chi connectivity index (χ0n) is 14.8. The predicted molar refractivity (Wildman–Crippen MR) is 88.9 cm³/mol. The van der Waals surface area contributed by atoms with E-state index in [0.29, 0.717) is 45.8 Å². The van der Waals surface area contributed by atoms with E-state index in [1.54, 1.807) is 0 Å². The Morgan fingerprint density at radius 2 is 1.76 bits per heavy atom. The molecular formula is C17H27N3O5. The quantitative estimate of drug-likeness (QED) is 0.745. The van der Waals surface area contributed by atoms with Gasteiger partial charge in [-0.15, -0.1) is 0 Å². The van der Waals surface area contributed by atoms with Gasteiger partial charge in [0.1, 0.15) is 6.04 Å². The Morgan fingerprint density at radius 3 is 2.28 bits per heavy atom. The summed E-state index contributed by atoms with van der Waals surface area (Å²) < 4.78 is 5.27. The Bertz CT molecular complexity index is 514. The topological polar surface area (TPSA) is 90.4 Å². The van der Waals surface area contributed by atoms with Crippen LogP contribution in [0.1, 0.15) is 26.2 Å². The first kappa shape index (κ1) is 18.1. The Hall–Kier alpha value is -1.67. The van der Waals surface area contributed by atoms with E-state index >= 15 is 0 Å². The van der Waals surface area contributed by atoms with Crippen molar-refractivity contribution in [1.29, 1.82) is 0 Å². The van der Waals surface area contributed by atoms with E-state index < -0.39 is 12.0 Å². The van der Waals surface area contributed by atoms with Gasteiger partial charge >= 0.3 is 5.97 Å². The number of carboxylic acids is 1. The van der Waals surface area contributed by atoms with E-state index in [1.807, 2.05) is 4.90 Å². The maximum Gasteiger partial charge on any atom is 0.326 e. The minimum Gasteiger partial charge on any atom is -0.480 e. The van der Waals surface area contributed by atoms with Crippen LogP contribution < -0.4 is 0 Å². The number of hydrogen-bond donors (Lipinski definition) is 1. The van der Waals surface area contributed by atoms with Crippen LogP contribution in [-0.4, -0.2) is 96.1 Å². The number of carboxylic acid groups (broad SMARTS) is 1. The average Bonchev–Trinajstić information content (AvgIpc) is 2.98. The van der Waals surface area contributed by atoms with Gasteiger partial charge in [0.25, 0.3) is 0 Å². The number of nitrogens with zero attached hydrogens (tertiary/aromatic N) is 3. The second-order valence-corrected chi connectivity index (χ2v) is 7.47. The van der Waals surface area contributed by atoms with Crippen molar-refractivity contribution >= 4 is 17.8 Å². The number of carbonyl (C=O) groups excluding carboxylic acids is 2. The molecule has 0 unspecified atom stereocenters. The molecule has 3 saturated heterocycles. The Kier molecular flexibility index (Phi) is 5.29. The molecule has 3 fully saturated rings. The fourth-order valence-corrected chi connectivity index (χ4v) is 4.26. The molecular weight excluding hydrogens is 326 g/mol. The zero-order chi connectivity index (χ0) is 18.0. The number of amides is 2. The van der Waals surface area contributed by atoms with Crippen LogP contribution in [0.2, 0.25) is 0 Å². The first-order valence-electron chi connectivity index (χ1n) is 8.98. The minimum absolute atomic E-state index is 0.118. The van der Waals surface area contributed by atoms with Crippen LogP contribution in [0.4, 0.5) is 0 Å². The molecule has 8 nitrogen and oxygen atoms in total. The van der Waals surface area contributed by atoms with Crippen molar-refractivity contribution in [3.05, 3.63) is 0 Å². The van der Waals surface area contributed by atoms with E-state index in [0.717, 1.165) is 25.9 Å². The molecule has 2 amide bonds. The largest absolute Gasteiger partial charge is 0.480 e. The number of piperidine rings is 1. The molecule has 1 atom stereocenters. The van der Waals surface area contributed by atoms with Crippen molar-refractivity contribution < 1.29 is 24.2 Å². The van der Waals surface area contributed by atoms with Gasteiger partial charge in [-0.3, -0.25) is 14.5 Å². The molecule has 0 radical (unpaired) electrons. The monoisotopic (exact) mass is 353 g/mol. The molecule has 3 rings (SSSR count). The molecule has 0 aromatic carbocycles. The molecule has 1 N–H and O–H groups in total. The molecule has 0 bridgehead atoms. The summed E-state index contributed by atoms with van der Waals surface area (Å²) in [5.74, 6) is -0.953. The highest BCUT2D eigenvalue weighted by atomic mass is 16.5. The average molecular weight is 353 g/mol. The molecule has 8 heteroatoms. The van der Waals surface area contributed by atoms with Crippen LogP contribution in [0.5, 0.6) is 0 Å². The number of aliphatic carboxylic acids is 1. The number of carbonyl (C=O) groups is 3. The number of ether oxygens (including phenoxy) is 1. The van der Waals surface area contributed by atoms with Crippen LogP contribution in [0.25, 0.3) is 0 Å². The SMILES string of the molecule is CC(=O)N1CC2(CCN(CC(=O)N3CCOCC3)CC2)C[C@@H]1C(=O)O. The molecule has 25 heavy (non-hydrogen) atoms. The van der Waals surface area contributed by atoms with Gasteiger partial charge in [0, 0.05) is 26.6 Å². The maximum atomic E-state index is 12.4. The van der Waals surface area contributed by atoms with Crippen LogP contribution in [-0.2, 0) is 19.1 Å². The van der Waals surface area contributed by atoms with Crippen molar-refractivity contribution in [2.24, 2.45) is 5.41 Å². The van der Waals surface area contributed by atoms with E-state index in [2.05, 4.69) is 4.90 Å². The summed E-state index contributed by atoms with van der Waals surface area (Å²) in [4.78, 5) is 41.1. The normalized spacial score (nSPS) is 26.8. The molecule has 0 aromatic rings. The van der Waals surface area contributed by atoms with Crippen LogP contribution in [0.3, 0.4) is 0 Å². The highest BCUT2D eigenvalue weighted by Gasteiger charge is 2.49. The van der Waals surface area contributed by atoms with Gasteiger partial charge in [0.15, 0.2) is 0 Å². The van der Waals surface area contributed by atoms with Gasteiger partial charge in [-0.25, -0.2) is 4.79 Å². The molecule has 3 aliphatic heterocycles. The second-order valence-electron chi connectivity index (χ2n) is 7.47. The van der Waals surface area contributed by atoms with Gasteiger partial charge in [0.05, 0.1) is 19.8 Å². The summed E-state index contributed by atoms with van der Waals surface area (Å²) in [5.41, 5.74) is -0.118. The molecule has 0 aliphatic carbocycles. The van der Waals surface area contributed by atoms with Crippen molar-refractivity contribution in [1.82, 2.24) is 14.7 Å². The summed E-state index contributed by atoms with van der Waals surface area (Å²) in [6.45, 7) is 6.43. The van der Waals surface area contributed by atoms with E-state index in [4.69, 9.17) is 4.74 Å². The van der Waals surface area contributed by atoms with Crippen molar-refractivity contribution in [3.63, 3.8) is 0 Å². The van der Waals surface area contributed by atoms with Crippen LogP contribution in [0, 0.1) is 5.41 Å². The van der Waals surface area contributed by atoms with Gasteiger partial charge < -0.3 is 19.6 Å². The molecule has 3 aliphatic rings. The highest BCUT2D eigenvalue weighted by Crippen LogP contribution is 2.43. The fourth-order valence-electron chi connectivity index (χ4n) is 4.26.